The van der Waals surface area contributed by atoms with Gasteiger partial charge in [0.15, 0.2) is 0 Å². The van der Waals surface area contributed by atoms with Crippen molar-refractivity contribution in [2.45, 2.75) is 45.6 Å². The van der Waals surface area contributed by atoms with Crippen molar-refractivity contribution >= 4 is 27.5 Å². The summed E-state index contributed by atoms with van der Waals surface area (Å²) in [5.74, 6) is 1.31. The van der Waals surface area contributed by atoms with Crippen LogP contribution in [0.15, 0.2) is 24.3 Å². The van der Waals surface area contributed by atoms with Crippen LogP contribution in [-0.2, 0) is 0 Å². The molecule has 27 heavy (non-hydrogen) atoms. The Balaban J connectivity index is 1.61. The number of rotatable bonds is 4. The molecule has 1 aromatic carbocycles. The summed E-state index contributed by atoms with van der Waals surface area (Å²) in [6.07, 6.45) is 2.31. The number of nitriles is 1. The number of benzene rings is 1. The minimum Gasteiger partial charge on any atom is -0.345 e. The van der Waals surface area contributed by atoms with Crippen molar-refractivity contribution in [3.05, 3.63) is 57.4 Å². The quantitative estimate of drug-likeness (QED) is 0.724. The molecule has 1 atom stereocenters. The predicted molar refractivity (Wildman–Crippen MR) is 106 cm³/mol. The number of hydrogen-bond donors (Lipinski definition) is 1. The Labute approximate surface area is 162 Å². The van der Waals surface area contributed by atoms with Crippen molar-refractivity contribution in [3.63, 3.8) is 0 Å². The van der Waals surface area contributed by atoms with E-state index in [0.29, 0.717) is 16.4 Å². The molecule has 1 saturated carbocycles. The zero-order chi connectivity index (χ0) is 19.1. The Bertz CT molecular complexity index is 1070. The lowest BCUT2D eigenvalue weighted by molar-refractivity contribution is 0.0943. The van der Waals surface area contributed by atoms with Gasteiger partial charge >= 0.3 is 0 Å². The molecule has 1 fully saturated rings. The largest absolute Gasteiger partial charge is 0.345 e. The van der Waals surface area contributed by atoms with Crippen LogP contribution < -0.4 is 5.32 Å². The Kier molecular flexibility index (Phi) is 4.40. The van der Waals surface area contributed by atoms with Crippen LogP contribution in [0, 0.1) is 25.2 Å². The molecular formula is C21H20N4OS. The van der Waals surface area contributed by atoms with Gasteiger partial charge in [0.2, 0.25) is 0 Å². The van der Waals surface area contributed by atoms with E-state index in [-0.39, 0.29) is 11.9 Å². The fourth-order valence-corrected chi connectivity index (χ4v) is 4.43. The third kappa shape index (κ3) is 3.31. The Morgan fingerprint density at radius 2 is 1.96 bits per heavy atom. The number of nitrogens with zero attached hydrogens (tertiary/aromatic N) is 3. The topological polar surface area (TPSA) is 78.7 Å². The SMILES string of the molecule is Cc1nc(C2CC2)nc2sc(C(=O)NC(C)c3ccc(C#N)cc3)c(C)c12. The standard InChI is InChI=1S/C21H20N4OS/c1-11-17-13(3)23-19(16-8-9-16)25-21(17)27-18(11)20(26)24-12(2)15-6-4-14(10-22)5-7-15/h4-7,12,16H,8-9H2,1-3H3,(H,24,26). The summed E-state index contributed by atoms with van der Waals surface area (Å²) in [6, 6.07) is 9.23. The second-order valence-corrected chi connectivity index (χ2v) is 8.11. The minimum absolute atomic E-state index is 0.0975. The highest BCUT2D eigenvalue weighted by Gasteiger charge is 2.28. The molecule has 1 unspecified atom stereocenters. The van der Waals surface area contributed by atoms with Crippen LogP contribution in [0.2, 0.25) is 0 Å². The fraction of sp³-hybridized carbons (Fsp3) is 0.333. The van der Waals surface area contributed by atoms with Crippen molar-refractivity contribution in [3.8, 4) is 6.07 Å². The molecule has 0 aliphatic heterocycles. The highest BCUT2D eigenvalue weighted by Crippen LogP contribution is 2.40. The molecule has 0 spiro atoms. The number of carbonyl (C=O) groups excluding carboxylic acids is 1. The molecule has 1 N–H and O–H groups in total. The normalized spacial score (nSPS) is 14.7. The van der Waals surface area contributed by atoms with Gasteiger partial charge in [-0.15, -0.1) is 11.3 Å². The van der Waals surface area contributed by atoms with Crippen LogP contribution in [0.4, 0.5) is 0 Å². The lowest BCUT2D eigenvalue weighted by Crippen LogP contribution is -2.26. The number of fused-ring (bicyclic) bond motifs is 1. The first-order valence-corrected chi connectivity index (χ1v) is 9.88. The van der Waals surface area contributed by atoms with E-state index >= 15 is 0 Å². The molecule has 0 saturated heterocycles. The van der Waals surface area contributed by atoms with Crippen molar-refractivity contribution in [2.75, 3.05) is 0 Å². The van der Waals surface area contributed by atoms with E-state index in [1.807, 2.05) is 32.9 Å². The van der Waals surface area contributed by atoms with E-state index in [4.69, 9.17) is 10.2 Å². The van der Waals surface area contributed by atoms with Crippen LogP contribution in [0.3, 0.4) is 0 Å². The van der Waals surface area contributed by atoms with Gasteiger partial charge in [-0.05, 0) is 56.9 Å². The zero-order valence-electron chi connectivity index (χ0n) is 15.5. The Morgan fingerprint density at radius 1 is 1.26 bits per heavy atom. The van der Waals surface area contributed by atoms with Crippen LogP contribution in [0.1, 0.15) is 69.6 Å². The third-order valence-corrected chi connectivity index (χ3v) is 6.21. The summed E-state index contributed by atoms with van der Waals surface area (Å²) in [5.41, 5.74) is 3.47. The molecule has 1 aliphatic carbocycles. The van der Waals surface area contributed by atoms with E-state index in [9.17, 15) is 4.79 Å². The van der Waals surface area contributed by atoms with Crippen molar-refractivity contribution in [2.24, 2.45) is 0 Å². The molecule has 0 bridgehead atoms. The first kappa shape index (κ1) is 17.6. The summed E-state index contributed by atoms with van der Waals surface area (Å²) < 4.78 is 0. The van der Waals surface area contributed by atoms with Gasteiger partial charge in [-0.2, -0.15) is 5.26 Å². The molecule has 6 heteroatoms. The van der Waals surface area contributed by atoms with Crippen molar-refractivity contribution < 1.29 is 4.79 Å². The highest BCUT2D eigenvalue weighted by atomic mass is 32.1. The Hall–Kier alpha value is -2.78. The van der Waals surface area contributed by atoms with E-state index in [0.717, 1.165) is 45.7 Å². The maximum absolute atomic E-state index is 12.9. The molecule has 2 heterocycles. The average Bonchev–Trinajstić information content (AvgIpc) is 3.45. The third-order valence-electron chi connectivity index (χ3n) is 5.02. The summed E-state index contributed by atoms with van der Waals surface area (Å²) >= 11 is 1.44. The van der Waals surface area contributed by atoms with Gasteiger partial charge in [-0.1, -0.05) is 12.1 Å². The molecule has 5 nitrogen and oxygen atoms in total. The first-order valence-electron chi connectivity index (χ1n) is 9.06. The summed E-state index contributed by atoms with van der Waals surface area (Å²) in [7, 11) is 0. The average molecular weight is 376 g/mol. The monoisotopic (exact) mass is 376 g/mol. The van der Waals surface area contributed by atoms with Crippen LogP contribution in [-0.4, -0.2) is 15.9 Å². The van der Waals surface area contributed by atoms with Crippen LogP contribution in [0.5, 0.6) is 0 Å². The highest BCUT2D eigenvalue weighted by molar-refractivity contribution is 7.20. The van der Waals surface area contributed by atoms with Gasteiger partial charge in [0.05, 0.1) is 28.2 Å². The van der Waals surface area contributed by atoms with Gasteiger partial charge < -0.3 is 5.32 Å². The lowest BCUT2D eigenvalue weighted by atomic mass is 10.1. The van der Waals surface area contributed by atoms with Gasteiger partial charge in [-0.3, -0.25) is 4.79 Å². The number of aromatic nitrogens is 2. The first-order chi connectivity index (χ1) is 13.0. The number of hydrogen-bond acceptors (Lipinski definition) is 5. The molecule has 0 radical (unpaired) electrons. The smallest absolute Gasteiger partial charge is 0.262 e. The molecule has 1 aliphatic rings. The van der Waals surface area contributed by atoms with Gasteiger partial charge in [0.1, 0.15) is 10.7 Å². The molecule has 3 aromatic rings. The number of carbonyl (C=O) groups is 1. The van der Waals surface area contributed by atoms with E-state index in [1.165, 1.54) is 11.3 Å². The van der Waals surface area contributed by atoms with Crippen LogP contribution >= 0.6 is 11.3 Å². The van der Waals surface area contributed by atoms with E-state index in [2.05, 4.69) is 16.4 Å². The molecule has 2 aromatic heterocycles. The van der Waals surface area contributed by atoms with Crippen LogP contribution in [0.25, 0.3) is 10.2 Å². The second kappa shape index (κ2) is 6.75. The van der Waals surface area contributed by atoms with Crippen molar-refractivity contribution in [1.29, 1.82) is 5.26 Å². The molecule has 136 valence electrons. The lowest BCUT2D eigenvalue weighted by Gasteiger charge is -2.14. The zero-order valence-corrected chi connectivity index (χ0v) is 16.4. The molecule has 4 rings (SSSR count). The van der Waals surface area contributed by atoms with Gasteiger partial charge in [0, 0.05) is 11.3 Å². The van der Waals surface area contributed by atoms with E-state index in [1.54, 1.807) is 12.1 Å². The van der Waals surface area contributed by atoms with Gasteiger partial charge in [0.25, 0.3) is 5.91 Å². The number of amides is 1. The van der Waals surface area contributed by atoms with Gasteiger partial charge in [-0.25, -0.2) is 9.97 Å². The fourth-order valence-electron chi connectivity index (χ4n) is 3.29. The minimum atomic E-state index is -0.149. The maximum Gasteiger partial charge on any atom is 0.262 e. The molecular weight excluding hydrogens is 356 g/mol. The second-order valence-electron chi connectivity index (χ2n) is 7.11. The summed E-state index contributed by atoms with van der Waals surface area (Å²) in [5, 5.41) is 13.0. The predicted octanol–water partition coefficient (Wildman–Crippen LogP) is 4.55. The van der Waals surface area contributed by atoms with Crippen molar-refractivity contribution in [1.82, 2.24) is 15.3 Å². The number of nitrogens with one attached hydrogen (secondary N) is 1. The number of thiophene rings is 1. The Morgan fingerprint density at radius 3 is 2.59 bits per heavy atom. The summed E-state index contributed by atoms with van der Waals surface area (Å²) in [4.78, 5) is 23.8. The number of aryl methyl sites for hydroxylation is 2. The maximum atomic E-state index is 12.9. The molecule has 1 amide bonds. The summed E-state index contributed by atoms with van der Waals surface area (Å²) in [6.45, 7) is 5.90. The van der Waals surface area contributed by atoms with E-state index < -0.39 is 0 Å².